The van der Waals surface area contributed by atoms with Gasteiger partial charge in [-0.25, -0.2) is 4.98 Å². The molecule has 0 bridgehead atoms. The van der Waals surface area contributed by atoms with Gasteiger partial charge in [-0.2, -0.15) is 0 Å². The number of amides is 1. The topological polar surface area (TPSA) is 83.8 Å². The van der Waals surface area contributed by atoms with Gasteiger partial charge in [-0.15, -0.1) is 0 Å². The number of H-pyrrole nitrogens is 1. The van der Waals surface area contributed by atoms with E-state index in [4.69, 9.17) is 5.73 Å². The number of anilines is 2. The van der Waals surface area contributed by atoms with Crippen molar-refractivity contribution in [2.24, 2.45) is 11.8 Å². The zero-order valence-electron chi connectivity index (χ0n) is 15.0. The van der Waals surface area contributed by atoms with Gasteiger partial charge < -0.3 is 16.0 Å². The van der Waals surface area contributed by atoms with Crippen molar-refractivity contribution in [1.29, 1.82) is 0 Å². The van der Waals surface area contributed by atoms with Crippen LogP contribution in [0.2, 0.25) is 0 Å². The maximum atomic E-state index is 12.4. The second-order valence-electron chi connectivity index (χ2n) is 7.39. The van der Waals surface area contributed by atoms with E-state index in [0.717, 1.165) is 59.7 Å². The number of nitrogen functional groups attached to an aromatic ring is 1. The Bertz CT molecular complexity index is 921. The number of nitrogens with two attached hydrogens (primary N) is 1. The molecule has 1 heterocycles. The number of benzene rings is 2. The van der Waals surface area contributed by atoms with Gasteiger partial charge in [-0.3, -0.25) is 4.79 Å². The fraction of sp³-hybridized carbons (Fsp3) is 0.333. The number of hydrogen-bond acceptors (Lipinski definition) is 3. The second-order valence-corrected chi connectivity index (χ2v) is 7.39. The lowest BCUT2D eigenvalue weighted by Gasteiger charge is -2.25. The fourth-order valence-electron chi connectivity index (χ4n) is 3.64. The molecule has 1 saturated carbocycles. The van der Waals surface area contributed by atoms with E-state index in [2.05, 4.69) is 22.2 Å². The average Bonchev–Trinajstić information content (AvgIpc) is 3.06. The monoisotopic (exact) mass is 348 g/mol. The second kappa shape index (κ2) is 6.83. The lowest BCUT2D eigenvalue weighted by atomic mass is 9.82. The minimum Gasteiger partial charge on any atom is -0.399 e. The number of carbonyl (C=O) groups is 1. The van der Waals surface area contributed by atoms with Gasteiger partial charge in [0.05, 0.1) is 11.0 Å². The molecule has 0 saturated heterocycles. The molecular formula is C21H24N4O. The molecule has 5 heteroatoms. The summed E-state index contributed by atoms with van der Waals surface area (Å²) in [6, 6.07) is 13.4. The SMILES string of the molecule is CC1CCC(C(=O)Nc2ccc(-c3nc4ccc(N)cc4[nH]3)cc2)CC1. The van der Waals surface area contributed by atoms with E-state index in [-0.39, 0.29) is 11.8 Å². The predicted octanol–water partition coefficient (Wildman–Crippen LogP) is 4.58. The molecule has 1 amide bonds. The molecule has 5 nitrogen and oxygen atoms in total. The minimum atomic E-state index is 0.142. The molecule has 1 aliphatic carbocycles. The molecule has 3 aromatic rings. The van der Waals surface area contributed by atoms with Crippen LogP contribution in [-0.2, 0) is 4.79 Å². The van der Waals surface area contributed by atoms with Crippen molar-refractivity contribution in [3.63, 3.8) is 0 Å². The molecule has 26 heavy (non-hydrogen) atoms. The van der Waals surface area contributed by atoms with Gasteiger partial charge in [-0.05, 0) is 74.1 Å². The zero-order chi connectivity index (χ0) is 18.1. The van der Waals surface area contributed by atoms with Crippen molar-refractivity contribution in [2.45, 2.75) is 32.6 Å². The van der Waals surface area contributed by atoms with Crippen LogP contribution in [0.4, 0.5) is 11.4 Å². The number of nitrogens with zero attached hydrogens (tertiary/aromatic N) is 1. The van der Waals surface area contributed by atoms with Crippen LogP contribution in [0.1, 0.15) is 32.6 Å². The summed E-state index contributed by atoms with van der Waals surface area (Å²) < 4.78 is 0. The third-order valence-electron chi connectivity index (χ3n) is 5.32. The number of aromatic nitrogens is 2. The Balaban J connectivity index is 1.46. The predicted molar refractivity (Wildman–Crippen MR) is 106 cm³/mol. The first-order valence-corrected chi connectivity index (χ1v) is 9.25. The fourth-order valence-corrected chi connectivity index (χ4v) is 3.64. The zero-order valence-corrected chi connectivity index (χ0v) is 15.0. The molecule has 0 spiro atoms. The highest BCUT2D eigenvalue weighted by molar-refractivity contribution is 5.93. The van der Waals surface area contributed by atoms with Gasteiger partial charge in [-0.1, -0.05) is 6.92 Å². The Morgan fingerprint density at radius 2 is 1.85 bits per heavy atom. The standard InChI is InChI=1S/C21H24N4O/c1-13-2-4-15(5-3-13)21(26)23-17-9-6-14(7-10-17)20-24-18-11-8-16(22)12-19(18)25-20/h6-13,15H,2-5,22H2,1H3,(H,23,26)(H,24,25). The Kier molecular flexibility index (Phi) is 4.37. The van der Waals surface area contributed by atoms with Crippen LogP contribution in [0.15, 0.2) is 42.5 Å². The Hall–Kier alpha value is -2.82. The number of carbonyl (C=O) groups excluding carboxylic acids is 1. The van der Waals surface area contributed by atoms with Gasteiger partial charge in [0.1, 0.15) is 5.82 Å². The van der Waals surface area contributed by atoms with E-state index in [1.807, 2.05) is 42.5 Å². The van der Waals surface area contributed by atoms with Gasteiger partial charge in [0.25, 0.3) is 0 Å². The number of hydrogen-bond donors (Lipinski definition) is 3. The molecule has 0 atom stereocenters. The van der Waals surface area contributed by atoms with Crippen molar-refractivity contribution >= 4 is 28.3 Å². The van der Waals surface area contributed by atoms with Crippen LogP contribution in [0.3, 0.4) is 0 Å². The molecule has 4 rings (SSSR count). The molecular weight excluding hydrogens is 324 g/mol. The summed E-state index contributed by atoms with van der Waals surface area (Å²) in [5, 5.41) is 3.05. The summed E-state index contributed by atoms with van der Waals surface area (Å²) in [4.78, 5) is 20.3. The number of fused-ring (bicyclic) bond motifs is 1. The summed E-state index contributed by atoms with van der Waals surface area (Å²) >= 11 is 0. The highest BCUT2D eigenvalue weighted by atomic mass is 16.1. The van der Waals surface area contributed by atoms with E-state index in [0.29, 0.717) is 5.69 Å². The molecule has 1 fully saturated rings. The summed E-state index contributed by atoms with van der Waals surface area (Å²) in [6.07, 6.45) is 4.28. The van der Waals surface area contributed by atoms with Crippen LogP contribution >= 0.6 is 0 Å². The number of imidazole rings is 1. The molecule has 134 valence electrons. The largest absolute Gasteiger partial charge is 0.399 e. The van der Waals surface area contributed by atoms with Crippen LogP contribution in [0, 0.1) is 11.8 Å². The molecule has 0 unspecified atom stereocenters. The lowest BCUT2D eigenvalue weighted by Crippen LogP contribution is -2.26. The number of aromatic amines is 1. The van der Waals surface area contributed by atoms with Crippen molar-refractivity contribution in [3.8, 4) is 11.4 Å². The molecule has 4 N–H and O–H groups in total. The third-order valence-corrected chi connectivity index (χ3v) is 5.32. The summed E-state index contributed by atoms with van der Waals surface area (Å²) in [5.74, 6) is 1.83. The van der Waals surface area contributed by atoms with Crippen LogP contribution in [-0.4, -0.2) is 15.9 Å². The first-order valence-electron chi connectivity index (χ1n) is 9.25. The number of nitrogens with one attached hydrogen (secondary N) is 2. The Morgan fingerprint density at radius 3 is 2.58 bits per heavy atom. The lowest BCUT2D eigenvalue weighted by molar-refractivity contribution is -0.121. The van der Waals surface area contributed by atoms with Gasteiger partial charge >= 0.3 is 0 Å². The van der Waals surface area contributed by atoms with Gasteiger partial charge in [0.15, 0.2) is 0 Å². The minimum absolute atomic E-state index is 0.142. The molecule has 1 aromatic heterocycles. The third kappa shape index (κ3) is 3.43. The molecule has 0 aliphatic heterocycles. The smallest absolute Gasteiger partial charge is 0.227 e. The summed E-state index contributed by atoms with van der Waals surface area (Å²) in [6.45, 7) is 2.26. The van der Waals surface area contributed by atoms with Crippen molar-refractivity contribution in [2.75, 3.05) is 11.1 Å². The Morgan fingerprint density at radius 1 is 1.12 bits per heavy atom. The average molecular weight is 348 g/mol. The van der Waals surface area contributed by atoms with Gasteiger partial charge in [0.2, 0.25) is 5.91 Å². The Labute approximate surface area is 153 Å². The van der Waals surface area contributed by atoms with E-state index in [1.165, 1.54) is 0 Å². The first-order chi connectivity index (χ1) is 12.6. The normalized spacial score (nSPS) is 20.2. The van der Waals surface area contributed by atoms with E-state index < -0.39 is 0 Å². The highest BCUT2D eigenvalue weighted by Crippen LogP contribution is 2.29. The maximum Gasteiger partial charge on any atom is 0.227 e. The van der Waals surface area contributed by atoms with E-state index in [9.17, 15) is 4.79 Å². The van der Waals surface area contributed by atoms with E-state index in [1.54, 1.807) is 0 Å². The maximum absolute atomic E-state index is 12.4. The van der Waals surface area contributed by atoms with Crippen molar-refractivity contribution in [3.05, 3.63) is 42.5 Å². The quantitative estimate of drug-likeness (QED) is 0.606. The molecule has 1 aliphatic rings. The highest BCUT2D eigenvalue weighted by Gasteiger charge is 2.24. The summed E-state index contributed by atoms with van der Waals surface area (Å²) in [5.41, 5.74) is 10.1. The van der Waals surface area contributed by atoms with E-state index >= 15 is 0 Å². The molecule has 2 aromatic carbocycles. The summed E-state index contributed by atoms with van der Waals surface area (Å²) in [7, 11) is 0. The van der Waals surface area contributed by atoms with Crippen molar-refractivity contribution in [1.82, 2.24) is 9.97 Å². The van der Waals surface area contributed by atoms with Crippen molar-refractivity contribution < 1.29 is 4.79 Å². The van der Waals surface area contributed by atoms with Crippen LogP contribution in [0.25, 0.3) is 22.4 Å². The first kappa shape index (κ1) is 16.6. The molecule has 0 radical (unpaired) electrons. The number of rotatable bonds is 3. The van der Waals surface area contributed by atoms with Crippen LogP contribution < -0.4 is 11.1 Å². The van der Waals surface area contributed by atoms with Crippen LogP contribution in [0.5, 0.6) is 0 Å². The van der Waals surface area contributed by atoms with Gasteiger partial charge in [0, 0.05) is 22.9 Å².